The Hall–Kier alpha value is -7.10. The van der Waals surface area contributed by atoms with Gasteiger partial charge in [0, 0.05) is 21.9 Å². The van der Waals surface area contributed by atoms with Crippen LogP contribution in [0.1, 0.15) is 29.5 Å². The van der Waals surface area contributed by atoms with Crippen LogP contribution < -0.4 is 4.74 Å². The largest absolute Gasteiger partial charge is 0.493 e. The lowest BCUT2D eigenvalue weighted by Gasteiger charge is -2.11. The van der Waals surface area contributed by atoms with E-state index in [1.165, 1.54) is 28.7 Å². The first-order chi connectivity index (χ1) is 38.5. The van der Waals surface area contributed by atoms with Gasteiger partial charge in [0.05, 0.1) is 61.4 Å². The molecule has 5 aromatic carbocycles. The zero-order valence-corrected chi connectivity index (χ0v) is 49.5. The van der Waals surface area contributed by atoms with E-state index >= 15 is 0 Å². The van der Waals surface area contributed by atoms with Crippen molar-refractivity contribution in [1.82, 2.24) is 14.4 Å². The molecule has 0 aliphatic rings. The first-order valence-corrected chi connectivity index (χ1v) is 33.6. The highest BCUT2D eigenvalue weighted by Crippen LogP contribution is 2.45. The highest BCUT2D eigenvalue weighted by Gasteiger charge is 2.24. The lowest BCUT2D eigenvalue weighted by Crippen LogP contribution is -2.08. The Labute approximate surface area is 485 Å². The smallest absolute Gasteiger partial charge is 0.425 e. The summed E-state index contributed by atoms with van der Waals surface area (Å²) in [5, 5.41) is 47.6. The fourth-order valence-electron chi connectivity index (χ4n) is 7.27. The van der Waals surface area contributed by atoms with Crippen molar-refractivity contribution in [1.29, 1.82) is 5.26 Å². The van der Waals surface area contributed by atoms with Crippen LogP contribution in [0.15, 0.2) is 118 Å². The van der Waals surface area contributed by atoms with Crippen molar-refractivity contribution in [3.05, 3.63) is 94.5 Å². The summed E-state index contributed by atoms with van der Waals surface area (Å²) >= 11 is 8.66. The minimum absolute atomic E-state index is 0.00187. The molecule has 0 aliphatic heterocycles. The number of para-hydroxylation sites is 2. The number of aryl methyl sites for hydroxylation is 1. The van der Waals surface area contributed by atoms with E-state index < -0.39 is 82.5 Å². The van der Waals surface area contributed by atoms with Crippen molar-refractivity contribution in [3.8, 4) is 17.7 Å². The number of nitrogens with zero attached hydrogens (tertiary/aromatic N) is 10. The quantitative estimate of drug-likeness (QED) is 0.0201. The third kappa shape index (κ3) is 17.7. The highest BCUT2D eigenvalue weighted by atomic mass is 35.5. The molecular formula is C44H39ClN10O20S8. The topological polar surface area (TPSA) is 481 Å². The minimum atomic E-state index is -4.87. The average molecular weight is 1320 g/mol. The third-order valence-electron chi connectivity index (χ3n) is 10.7. The van der Waals surface area contributed by atoms with Crippen LogP contribution in [0, 0.1) is 25.2 Å². The number of hydrogen-bond acceptors (Lipinski definition) is 26. The molecule has 83 heavy (non-hydrogen) atoms. The van der Waals surface area contributed by atoms with E-state index in [0.717, 1.165) is 41.3 Å². The van der Waals surface area contributed by atoms with Gasteiger partial charge in [-0.3, -0.25) is 27.2 Å². The normalized spacial score (nSPS) is 12.5. The van der Waals surface area contributed by atoms with Crippen LogP contribution in [0.5, 0.6) is 11.6 Å². The van der Waals surface area contributed by atoms with Gasteiger partial charge in [-0.15, -0.1) is 55.1 Å². The van der Waals surface area contributed by atoms with E-state index in [-0.39, 0.29) is 113 Å². The van der Waals surface area contributed by atoms with E-state index in [9.17, 15) is 70.7 Å². The van der Waals surface area contributed by atoms with E-state index in [1.807, 2.05) is 0 Å². The lowest BCUT2D eigenvalue weighted by molar-refractivity contribution is 0.317. The van der Waals surface area contributed by atoms with Crippen molar-refractivity contribution in [2.45, 2.75) is 41.4 Å². The maximum atomic E-state index is 12.4. The van der Waals surface area contributed by atoms with Gasteiger partial charge in [-0.05, 0) is 91.9 Å². The second kappa shape index (κ2) is 26.2. The summed E-state index contributed by atoms with van der Waals surface area (Å²) in [6, 6.07) is 19.2. The molecule has 39 heteroatoms. The Bertz CT molecular complexity index is 4750. The monoisotopic (exact) mass is 1320 g/mol. The predicted octanol–water partition coefficient (Wildman–Crippen LogP) is 9.36. The number of pyridine rings is 1. The van der Waals surface area contributed by atoms with Gasteiger partial charge in [0.15, 0.2) is 11.3 Å². The number of hydrogen-bond donors (Lipinski definition) is 6. The van der Waals surface area contributed by atoms with Gasteiger partial charge >= 0.3 is 10.6 Å². The van der Waals surface area contributed by atoms with Gasteiger partial charge < -0.3 is 9.84 Å². The number of imidazole rings is 1. The molecule has 0 saturated carbocycles. The SMILES string of the molecule is CS(=O)(=O)O.Cc1cc(N=Nc2cc(OCCCS(=O)(=O)O)c(N=Nc3c(C)c(C#N)c4nc5ccccc5n4c3O)cc2Cl)c(SCCCS(=O)(=O)O)cc1N=Nc1nc2c(S(=O)(=O)O)cc3ccc(S(=O)(=O)O)cc3c2s1.O=S(=O)=O. The Balaban J connectivity index is 0.00000114. The average Bonchev–Trinajstić information content (AvgIpc) is 4.18. The molecule has 0 bridgehead atoms. The molecule has 0 atom stereocenters. The van der Waals surface area contributed by atoms with Gasteiger partial charge in [0.1, 0.15) is 39.2 Å². The standard InChI is InChI=1S/C43H35ClN10O14S6.CH4O3S.O3S/c1-22-15-33(36(69-12-6-14-72(59,60)61)20-30(22)48-53-43-47-39-37(74(65,66)67)16-24-9-10-25(73(62,63)64)17-26(24)40(39)70-43)51-49-31-19-35(68-11-5-13-71(56,57)58)32(18-28(31)44)50-52-38-23(2)27(21-45)41-46-29-7-3-4-8-34(29)54(41)42(38)55;1-5(2,3)4;1-4(2)3/h3-4,7-10,15-20,55H,5-6,11-14H2,1-2H3,(H,56,57,58)(H,59,60,61)(H,62,63,64)(H,65,66,67);1H3,(H,2,3,4);. The summed E-state index contributed by atoms with van der Waals surface area (Å²) in [7, 11) is -25.0. The molecule has 8 aromatic rings. The van der Waals surface area contributed by atoms with Crippen molar-refractivity contribution in [3.63, 3.8) is 0 Å². The minimum Gasteiger partial charge on any atom is -0.493 e. The first-order valence-electron chi connectivity index (χ1n) is 22.5. The van der Waals surface area contributed by atoms with Crippen LogP contribution in [-0.4, -0.2) is 127 Å². The number of azo groups is 3. The number of benzene rings is 5. The molecule has 0 spiro atoms. The maximum Gasteiger partial charge on any atom is 0.425 e. The van der Waals surface area contributed by atoms with Crippen molar-refractivity contribution in [2.24, 2.45) is 30.7 Å². The van der Waals surface area contributed by atoms with Gasteiger partial charge in [-0.25, -0.2) is 9.97 Å². The Kier molecular flexibility index (Phi) is 20.6. The zero-order valence-electron chi connectivity index (χ0n) is 42.2. The highest BCUT2D eigenvalue weighted by molar-refractivity contribution is 7.99. The molecule has 0 unspecified atom stereocenters. The van der Waals surface area contributed by atoms with Crippen LogP contribution in [0.4, 0.5) is 33.6 Å². The van der Waals surface area contributed by atoms with Crippen LogP contribution in [0.25, 0.3) is 37.7 Å². The Morgan fingerprint density at radius 1 is 0.747 bits per heavy atom. The summed E-state index contributed by atoms with van der Waals surface area (Å²) in [5.41, 5.74) is 2.03. The van der Waals surface area contributed by atoms with Crippen LogP contribution in [-0.2, 0) is 61.2 Å². The molecule has 6 N–H and O–H groups in total. The van der Waals surface area contributed by atoms with E-state index in [1.54, 1.807) is 44.2 Å². The second-order valence-electron chi connectivity index (χ2n) is 16.8. The second-order valence-corrected chi connectivity index (χ2v) is 27.2. The number of aromatic hydroxyl groups is 1. The van der Waals surface area contributed by atoms with Gasteiger partial charge in [0.25, 0.3) is 50.6 Å². The van der Waals surface area contributed by atoms with Gasteiger partial charge in [-0.2, -0.15) is 47.4 Å². The number of thioether (sulfide) groups is 1. The molecule has 0 aliphatic carbocycles. The molecule has 0 saturated heterocycles. The number of halogens is 1. The summed E-state index contributed by atoms with van der Waals surface area (Å²) in [4.78, 5) is 8.05. The molecule has 440 valence electrons. The first kappa shape index (κ1) is 65.1. The van der Waals surface area contributed by atoms with E-state index in [0.29, 0.717) is 27.7 Å². The van der Waals surface area contributed by atoms with Crippen molar-refractivity contribution < 1.29 is 87.3 Å². The molecule has 3 aromatic heterocycles. The summed E-state index contributed by atoms with van der Waals surface area (Å²) in [5.74, 6) is -1.49. The third-order valence-corrected chi connectivity index (χ3v) is 16.4. The summed E-state index contributed by atoms with van der Waals surface area (Å²) < 4.78 is 192. The molecule has 8 rings (SSSR count). The lowest BCUT2D eigenvalue weighted by atomic mass is 10.1. The number of ether oxygens (including phenoxy) is 1. The number of aromatic nitrogens is 3. The molecular weight excluding hydrogens is 1280 g/mol. The number of fused-ring (bicyclic) bond motifs is 6. The number of rotatable bonds is 18. The van der Waals surface area contributed by atoms with Crippen molar-refractivity contribution in [2.75, 3.05) is 30.1 Å². The van der Waals surface area contributed by atoms with Crippen LogP contribution in [0.3, 0.4) is 0 Å². The number of thiazole rings is 1. The molecule has 0 radical (unpaired) electrons. The summed E-state index contributed by atoms with van der Waals surface area (Å²) in [6.07, 6.45) is 0.556. The van der Waals surface area contributed by atoms with Gasteiger partial charge in [0.2, 0.25) is 11.0 Å². The van der Waals surface area contributed by atoms with E-state index in [4.69, 9.17) is 33.5 Å². The predicted molar refractivity (Wildman–Crippen MR) is 301 cm³/mol. The Morgan fingerprint density at radius 3 is 1.99 bits per heavy atom. The van der Waals surface area contributed by atoms with Crippen LogP contribution >= 0.6 is 34.7 Å². The fraction of sp³-hybridized carbons (Fsp3) is 0.205. The molecule has 0 amide bonds. The molecule has 3 heterocycles. The zero-order chi connectivity index (χ0) is 61.6. The summed E-state index contributed by atoms with van der Waals surface area (Å²) in [6.45, 7) is 2.92. The Morgan fingerprint density at radius 2 is 1.36 bits per heavy atom. The van der Waals surface area contributed by atoms with E-state index in [2.05, 4.69) is 46.7 Å². The fourth-order valence-corrected chi connectivity index (χ4v) is 11.8. The van der Waals surface area contributed by atoms with Crippen LogP contribution in [0.2, 0.25) is 5.02 Å². The van der Waals surface area contributed by atoms with Crippen molar-refractivity contribution >= 4 is 167 Å². The number of nitriles is 1. The van der Waals surface area contributed by atoms with Gasteiger partial charge in [-0.1, -0.05) is 41.1 Å². The molecule has 0 fully saturated rings. The maximum absolute atomic E-state index is 12.4. The molecule has 30 nitrogen and oxygen atoms in total.